The van der Waals surface area contributed by atoms with E-state index in [1.807, 2.05) is 0 Å². The first-order valence-corrected chi connectivity index (χ1v) is 6.46. The summed E-state index contributed by atoms with van der Waals surface area (Å²) in [5.74, 6) is -3.38. The minimum atomic E-state index is -1.43. The standard InChI is InChI=1S/C15H9F2N3O4/c16-9-2-3-10(11(17)6-9)12(7-18)19-15(22)8-1-4-14(21)13(5-8)20(23)24/h1-6,12,21H,(H,19,22)/t12-/m0/s1. The molecule has 0 saturated carbocycles. The zero-order valence-electron chi connectivity index (χ0n) is 11.9. The fourth-order valence-corrected chi connectivity index (χ4v) is 1.94. The number of nitrogens with zero attached hydrogens (tertiary/aromatic N) is 2. The van der Waals surface area contributed by atoms with Crippen LogP contribution in [0, 0.1) is 33.1 Å². The third-order valence-electron chi connectivity index (χ3n) is 3.11. The van der Waals surface area contributed by atoms with Crippen LogP contribution in [-0.2, 0) is 0 Å². The van der Waals surface area contributed by atoms with Crippen molar-refractivity contribution in [1.82, 2.24) is 5.32 Å². The van der Waals surface area contributed by atoms with Gasteiger partial charge in [0.2, 0.25) is 0 Å². The second-order valence-electron chi connectivity index (χ2n) is 4.66. The van der Waals surface area contributed by atoms with Crippen molar-refractivity contribution in [2.75, 3.05) is 0 Å². The SMILES string of the molecule is N#C[C@H](NC(=O)c1ccc(O)c([N+](=O)[O-])c1)c1ccc(F)cc1F. The molecule has 0 aliphatic rings. The zero-order valence-corrected chi connectivity index (χ0v) is 11.9. The van der Waals surface area contributed by atoms with Crippen molar-refractivity contribution in [3.8, 4) is 11.8 Å². The number of hydrogen-bond acceptors (Lipinski definition) is 5. The first-order chi connectivity index (χ1) is 11.3. The van der Waals surface area contributed by atoms with E-state index in [-0.39, 0.29) is 11.1 Å². The number of halogens is 2. The van der Waals surface area contributed by atoms with E-state index in [1.54, 1.807) is 6.07 Å². The fourth-order valence-electron chi connectivity index (χ4n) is 1.94. The van der Waals surface area contributed by atoms with Crippen LogP contribution < -0.4 is 5.32 Å². The van der Waals surface area contributed by atoms with Crippen molar-refractivity contribution >= 4 is 11.6 Å². The molecule has 2 aromatic rings. The summed E-state index contributed by atoms with van der Waals surface area (Å²) in [7, 11) is 0. The number of phenols is 1. The van der Waals surface area contributed by atoms with Gasteiger partial charge in [-0.25, -0.2) is 8.78 Å². The van der Waals surface area contributed by atoms with Crippen molar-refractivity contribution in [3.05, 3.63) is 69.3 Å². The molecule has 0 unspecified atom stereocenters. The number of nitrogens with one attached hydrogen (secondary N) is 1. The number of carbonyl (C=O) groups excluding carboxylic acids is 1. The number of amides is 1. The Kier molecular flexibility index (Phi) is 4.70. The molecule has 0 fully saturated rings. The number of rotatable bonds is 4. The molecule has 122 valence electrons. The first-order valence-electron chi connectivity index (χ1n) is 6.46. The summed E-state index contributed by atoms with van der Waals surface area (Å²) in [6, 6.07) is 5.61. The van der Waals surface area contributed by atoms with Gasteiger partial charge in [-0.15, -0.1) is 0 Å². The molecule has 0 bridgehead atoms. The molecule has 2 rings (SSSR count). The molecule has 0 saturated heterocycles. The van der Waals surface area contributed by atoms with Gasteiger partial charge in [-0.2, -0.15) is 5.26 Å². The topological polar surface area (TPSA) is 116 Å². The fraction of sp³-hybridized carbons (Fsp3) is 0.0667. The predicted octanol–water partition coefficient (Wildman–Crippen LogP) is 2.57. The minimum absolute atomic E-state index is 0.206. The molecule has 9 heteroatoms. The van der Waals surface area contributed by atoms with E-state index in [1.165, 1.54) is 0 Å². The van der Waals surface area contributed by atoms with Gasteiger partial charge < -0.3 is 10.4 Å². The molecule has 0 heterocycles. The normalized spacial score (nSPS) is 11.4. The second-order valence-corrected chi connectivity index (χ2v) is 4.66. The van der Waals surface area contributed by atoms with E-state index in [2.05, 4.69) is 5.32 Å². The molecule has 0 spiro atoms. The van der Waals surface area contributed by atoms with Crippen LogP contribution in [0.3, 0.4) is 0 Å². The lowest BCUT2D eigenvalue weighted by Crippen LogP contribution is -2.28. The number of aromatic hydroxyl groups is 1. The van der Waals surface area contributed by atoms with Crippen LogP contribution in [0.15, 0.2) is 36.4 Å². The molecule has 1 amide bonds. The molecule has 1 atom stereocenters. The molecule has 0 aliphatic carbocycles. The Morgan fingerprint density at radius 1 is 1.29 bits per heavy atom. The Hall–Kier alpha value is -3.54. The van der Waals surface area contributed by atoms with Crippen molar-refractivity contribution in [3.63, 3.8) is 0 Å². The van der Waals surface area contributed by atoms with Gasteiger partial charge in [0.1, 0.15) is 17.7 Å². The van der Waals surface area contributed by atoms with E-state index in [0.29, 0.717) is 6.07 Å². The summed E-state index contributed by atoms with van der Waals surface area (Å²) in [5, 5.41) is 31.4. The van der Waals surface area contributed by atoms with Gasteiger partial charge in [-0.1, -0.05) is 6.07 Å². The van der Waals surface area contributed by atoms with Crippen molar-refractivity contribution in [1.29, 1.82) is 5.26 Å². The number of nitro benzene ring substituents is 1. The smallest absolute Gasteiger partial charge is 0.311 e. The Bertz CT molecular complexity index is 864. The highest BCUT2D eigenvalue weighted by Crippen LogP contribution is 2.26. The summed E-state index contributed by atoms with van der Waals surface area (Å²) >= 11 is 0. The highest BCUT2D eigenvalue weighted by molar-refractivity contribution is 5.95. The van der Waals surface area contributed by atoms with Crippen LogP contribution in [-0.4, -0.2) is 15.9 Å². The number of hydrogen-bond donors (Lipinski definition) is 2. The first kappa shape index (κ1) is 16.8. The van der Waals surface area contributed by atoms with Gasteiger partial charge in [0, 0.05) is 23.3 Å². The van der Waals surface area contributed by atoms with Gasteiger partial charge >= 0.3 is 5.69 Å². The summed E-state index contributed by atoms with van der Waals surface area (Å²) in [6.07, 6.45) is 0. The van der Waals surface area contributed by atoms with Gasteiger partial charge in [0.15, 0.2) is 5.75 Å². The van der Waals surface area contributed by atoms with Crippen LogP contribution in [0.1, 0.15) is 22.0 Å². The summed E-state index contributed by atoms with van der Waals surface area (Å²) in [5.41, 5.74) is -1.15. The number of nitro groups is 1. The number of phenolic OH excluding ortho intramolecular Hbond substituents is 1. The lowest BCUT2D eigenvalue weighted by Gasteiger charge is -2.13. The van der Waals surface area contributed by atoms with Gasteiger partial charge in [-0.3, -0.25) is 14.9 Å². The Balaban J connectivity index is 2.29. The third kappa shape index (κ3) is 3.44. The van der Waals surface area contributed by atoms with Crippen molar-refractivity contribution in [2.45, 2.75) is 6.04 Å². The van der Waals surface area contributed by atoms with E-state index in [9.17, 15) is 28.8 Å². The van der Waals surface area contributed by atoms with Gasteiger partial charge in [0.25, 0.3) is 5.91 Å². The van der Waals surface area contributed by atoms with Crippen LogP contribution >= 0.6 is 0 Å². The van der Waals surface area contributed by atoms with Gasteiger partial charge in [-0.05, 0) is 18.2 Å². The number of nitriles is 1. The lowest BCUT2D eigenvalue weighted by atomic mass is 10.1. The summed E-state index contributed by atoms with van der Waals surface area (Å²) in [6.45, 7) is 0. The summed E-state index contributed by atoms with van der Waals surface area (Å²) in [4.78, 5) is 22.0. The van der Waals surface area contributed by atoms with Gasteiger partial charge in [0.05, 0.1) is 11.0 Å². The van der Waals surface area contributed by atoms with Crippen molar-refractivity contribution < 1.29 is 23.6 Å². The Morgan fingerprint density at radius 3 is 2.58 bits per heavy atom. The molecule has 0 aromatic heterocycles. The number of carbonyl (C=O) groups is 1. The van der Waals surface area contributed by atoms with Crippen LogP contribution in [0.25, 0.3) is 0 Å². The van der Waals surface area contributed by atoms with Crippen LogP contribution in [0.4, 0.5) is 14.5 Å². The molecule has 2 aromatic carbocycles. The zero-order chi connectivity index (χ0) is 17.9. The van der Waals surface area contributed by atoms with E-state index in [0.717, 1.165) is 30.3 Å². The largest absolute Gasteiger partial charge is 0.502 e. The molecule has 0 radical (unpaired) electrons. The molecule has 24 heavy (non-hydrogen) atoms. The maximum atomic E-state index is 13.7. The van der Waals surface area contributed by atoms with Crippen LogP contribution in [0.2, 0.25) is 0 Å². The second kappa shape index (κ2) is 6.70. The third-order valence-corrected chi connectivity index (χ3v) is 3.11. The van der Waals surface area contributed by atoms with E-state index >= 15 is 0 Å². The monoisotopic (exact) mass is 333 g/mol. The van der Waals surface area contributed by atoms with E-state index < -0.39 is 39.9 Å². The van der Waals surface area contributed by atoms with Crippen LogP contribution in [0.5, 0.6) is 5.75 Å². The number of benzene rings is 2. The quantitative estimate of drug-likeness (QED) is 0.659. The Labute approximate surface area is 133 Å². The van der Waals surface area contributed by atoms with E-state index in [4.69, 9.17) is 5.26 Å². The minimum Gasteiger partial charge on any atom is -0.502 e. The molecule has 7 nitrogen and oxygen atoms in total. The molecule has 2 N–H and O–H groups in total. The molecular weight excluding hydrogens is 324 g/mol. The average molecular weight is 333 g/mol. The maximum Gasteiger partial charge on any atom is 0.311 e. The highest BCUT2D eigenvalue weighted by atomic mass is 19.1. The highest BCUT2D eigenvalue weighted by Gasteiger charge is 2.21. The Morgan fingerprint density at radius 2 is 2.00 bits per heavy atom. The average Bonchev–Trinajstić information content (AvgIpc) is 2.53. The molecular formula is C15H9F2N3O4. The van der Waals surface area contributed by atoms with Crippen molar-refractivity contribution in [2.24, 2.45) is 0 Å². The predicted molar refractivity (Wildman–Crippen MR) is 76.9 cm³/mol. The summed E-state index contributed by atoms with van der Waals surface area (Å²) < 4.78 is 26.6. The molecule has 0 aliphatic heterocycles. The maximum absolute atomic E-state index is 13.7. The lowest BCUT2D eigenvalue weighted by molar-refractivity contribution is -0.385.